The first kappa shape index (κ1) is 16.2. The van der Waals surface area contributed by atoms with E-state index in [1.165, 1.54) is 0 Å². The first-order valence-corrected chi connectivity index (χ1v) is 5.74. The summed E-state index contributed by atoms with van der Waals surface area (Å²) in [5, 5.41) is 0.627. The molecule has 0 aliphatic heterocycles. The largest absolute Gasteiger partial charge is 0.294 e. The Hall–Kier alpha value is -0.770. The van der Waals surface area contributed by atoms with Gasteiger partial charge in [-0.05, 0) is 30.5 Å². The molecule has 1 atom stereocenters. The Morgan fingerprint density at radius 2 is 2.18 bits per heavy atom. The minimum absolute atomic E-state index is 0. The molecule has 1 aromatic rings. The van der Waals surface area contributed by atoms with Gasteiger partial charge in [0.25, 0.3) is 0 Å². The minimum atomic E-state index is -0.261. The zero-order valence-corrected chi connectivity index (χ0v) is 11.6. The second kappa shape index (κ2) is 7.54. The summed E-state index contributed by atoms with van der Waals surface area (Å²) in [6, 6.07) is 5.71. The standard InChI is InChI=1S/C12H17ClN2O.ClH/c1-3-4-10(12(16)15-14)9-6-5-8(2)7-11(9)13;/h5-7,10H,3-4,14H2,1-2H3,(H,15,16);1H. The lowest BCUT2D eigenvalue weighted by Gasteiger charge is -2.16. The highest BCUT2D eigenvalue weighted by molar-refractivity contribution is 6.31. The van der Waals surface area contributed by atoms with Gasteiger partial charge in [-0.1, -0.05) is 37.1 Å². The van der Waals surface area contributed by atoms with Crippen molar-refractivity contribution < 1.29 is 4.79 Å². The smallest absolute Gasteiger partial charge is 0.241 e. The highest BCUT2D eigenvalue weighted by atomic mass is 35.5. The van der Waals surface area contributed by atoms with Crippen LogP contribution in [0.3, 0.4) is 0 Å². The second-order valence-corrected chi connectivity index (χ2v) is 4.28. The number of amides is 1. The molecule has 0 saturated heterocycles. The Labute approximate surface area is 113 Å². The fourth-order valence-corrected chi connectivity index (χ4v) is 2.10. The second-order valence-electron chi connectivity index (χ2n) is 3.87. The summed E-state index contributed by atoms with van der Waals surface area (Å²) in [4.78, 5) is 11.6. The van der Waals surface area contributed by atoms with Crippen LogP contribution >= 0.6 is 24.0 Å². The summed E-state index contributed by atoms with van der Waals surface area (Å²) in [7, 11) is 0. The fraction of sp³-hybridized carbons (Fsp3) is 0.417. The Kier molecular flexibility index (Phi) is 7.19. The van der Waals surface area contributed by atoms with Gasteiger partial charge >= 0.3 is 0 Å². The van der Waals surface area contributed by atoms with Crippen LogP contribution in [0.5, 0.6) is 0 Å². The van der Waals surface area contributed by atoms with E-state index >= 15 is 0 Å². The maximum atomic E-state index is 11.6. The molecule has 0 bridgehead atoms. The zero-order valence-electron chi connectivity index (χ0n) is 10.00. The fourth-order valence-electron chi connectivity index (χ4n) is 1.73. The first-order chi connectivity index (χ1) is 7.60. The molecule has 0 aliphatic carbocycles. The highest BCUT2D eigenvalue weighted by Crippen LogP contribution is 2.29. The van der Waals surface area contributed by atoms with Crippen LogP contribution in [0.4, 0.5) is 0 Å². The molecule has 1 rings (SSSR count). The lowest BCUT2D eigenvalue weighted by Crippen LogP contribution is -2.34. The van der Waals surface area contributed by atoms with Crippen LogP contribution in [0.15, 0.2) is 18.2 Å². The molecular weight excluding hydrogens is 259 g/mol. The molecule has 1 amide bonds. The van der Waals surface area contributed by atoms with E-state index < -0.39 is 0 Å². The first-order valence-electron chi connectivity index (χ1n) is 5.36. The molecule has 1 unspecified atom stereocenters. The molecule has 96 valence electrons. The van der Waals surface area contributed by atoms with Crippen molar-refractivity contribution in [2.75, 3.05) is 0 Å². The summed E-state index contributed by atoms with van der Waals surface area (Å²) in [5.74, 6) is 4.73. The molecule has 1 aromatic carbocycles. The normalized spacial score (nSPS) is 11.5. The van der Waals surface area contributed by atoms with Gasteiger partial charge in [0.2, 0.25) is 5.91 Å². The summed E-state index contributed by atoms with van der Waals surface area (Å²) < 4.78 is 0. The Morgan fingerprint density at radius 3 is 2.65 bits per heavy atom. The van der Waals surface area contributed by atoms with Crippen LogP contribution in [-0.2, 0) is 4.79 Å². The van der Waals surface area contributed by atoms with E-state index in [2.05, 4.69) is 5.43 Å². The quantitative estimate of drug-likeness (QED) is 0.505. The van der Waals surface area contributed by atoms with Crippen LogP contribution in [-0.4, -0.2) is 5.91 Å². The highest BCUT2D eigenvalue weighted by Gasteiger charge is 2.21. The van der Waals surface area contributed by atoms with Gasteiger partial charge in [0, 0.05) is 5.02 Å². The van der Waals surface area contributed by atoms with Crippen molar-refractivity contribution in [1.29, 1.82) is 0 Å². The van der Waals surface area contributed by atoms with E-state index in [0.29, 0.717) is 5.02 Å². The average Bonchev–Trinajstić information content (AvgIpc) is 2.26. The van der Waals surface area contributed by atoms with E-state index in [-0.39, 0.29) is 24.2 Å². The predicted molar refractivity (Wildman–Crippen MR) is 73.4 cm³/mol. The van der Waals surface area contributed by atoms with Crippen molar-refractivity contribution in [3.63, 3.8) is 0 Å². The zero-order chi connectivity index (χ0) is 12.1. The summed E-state index contributed by atoms with van der Waals surface area (Å²) in [6.45, 7) is 3.99. The van der Waals surface area contributed by atoms with Crippen LogP contribution < -0.4 is 11.3 Å². The Balaban J connectivity index is 0.00000256. The molecule has 17 heavy (non-hydrogen) atoms. The average molecular weight is 277 g/mol. The van der Waals surface area contributed by atoms with Crippen molar-refractivity contribution in [3.8, 4) is 0 Å². The SMILES string of the molecule is CCCC(C(=O)NN)c1ccc(C)cc1Cl.Cl. The summed E-state index contributed by atoms with van der Waals surface area (Å²) >= 11 is 6.14. The molecule has 0 aromatic heterocycles. The molecule has 0 fully saturated rings. The number of hydrazine groups is 1. The minimum Gasteiger partial charge on any atom is -0.294 e. The number of aryl methyl sites for hydroxylation is 1. The van der Waals surface area contributed by atoms with E-state index in [9.17, 15) is 4.79 Å². The topological polar surface area (TPSA) is 55.1 Å². The van der Waals surface area contributed by atoms with Gasteiger partial charge in [-0.15, -0.1) is 12.4 Å². The number of halogens is 2. The van der Waals surface area contributed by atoms with Crippen molar-refractivity contribution in [2.45, 2.75) is 32.6 Å². The van der Waals surface area contributed by atoms with Crippen LogP contribution in [0.2, 0.25) is 5.02 Å². The molecule has 0 heterocycles. The van der Waals surface area contributed by atoms with Crippen molar-refractivity contribution >= 4 is 29.9 Å². The third kappa shape index (κ3) is 4.19. The maximum absolute atomic E-state index is 11.6. The van der Waals surface area contributed by atoms with Gasteiger partial charge in [-0.2, -0.15) is 0 Å². The van der Waals surface area contributed by atoms with Crippen LogP contribution in [0.25, 0.3) is 0 Å². The number of hydrogen-bond acceptors (Lipinski definition) is 2. The van der Waals surface area contributed by atoms with Gasteiger partial charge in [0.1, 0.15) is 0 Å². The molecule has 3 N–H and O–H groups in total. The predicted octanol–water partition coefficient (Wildman–Crippen LogP) is 2.94. The number of nitrogens with one attached hydrogen (secondary N) is 1. The Bertz CT molecular complexity index is 383. The number of hydrogen-bond donors (Lipinski definition) is 2. The van der Waals surface area contributed by atoms with Gasteiger partial charge in [0.15, 0.2) is 0 Å². The summed E-state index contributed by atoms with van der Waals surface area (Å²) in [6.07, 6.45) is 1.65. The maximum Gasteiger partial charge on any atom is 0.241 e. The summed E-state index contributed by atoms with van der Waals surface area (Å²) in [5.41, 5.74) is 4.12. The van der Waals surface area contributed by atoms with Crippen LogP contribution in [0, 0.1) is 6.92 Å². The molecule has 0 aliphatic rings. The van der Waals surface area contributed by atoms with E-state index in [4.69, 9.17) is 17.4 Å². The molecule has 0 spiro atoms. The lowest BCUT2D eigenvalue weighted by atomic mass is 9.93. The van der Waals surface area contributed by atoms with Crippen LogP contribution in [0.1, 0.15) is 36.8 Å². The van der Waals surface area contributed by atoms with Crippen molar-refractivity contribution in [3.05, 3.63) is 34.3 Å². The molecular formula is C12H18Cl2N2O. The number of rotatable bonds is 4. The Morgan fingerprint density at radius 1 is 1.53 bits per heavy atom. The molecule has 0 saturated carbocycles. The number of carbonyl (C=O) groups is 1. The monoisotopic (exact) mass is 276 g/mol. The third-order valence-electron chi connectivity index (χ3n) is 2.57. The molecule has 3 nitrogen and oxygen atoms in total. The number of nitrogens with two attached hydrogens (primary N) is 1. The van der Waals surface area contributed by atoms with E-state index in [1.807, 2.05) is 32.0 Å². The third-order valence-corrected chi connectivity index (χ3v) is 2.89. The van der Waals surface area contributed by atoms with Gasteiger partial charge < -0.3 is 0 Å². The van der Waals surface area contributed by atoms with Gasteiger partial charge in [-0.3, -0.25) is 10.2 Å². The van der Waals surface area contributed by atoms with Crippen molar-refractivity contribution in [1.82, 2.24) is 5.43 Å². The van der Waals surface area contributed by atoms with Crippen molar-refractivity contribution in [2.24, 2.45) is 5.84 Å². The lowest BCUT2D eigenvalue weighted by molar-refractivity contribution is -0.122. The van der Waals surface area contributed by atoms with Gasteiger partial charge in [0.05, 0.1) is 5.92 Å². The molecule has 0 radical (unpaired) electrons. The number of carbonyl (C=O) groups excluding carboxylic acids is 1. The molecule has 5 heteroatoms. The van der Waals surface area contributed by atoms with Gasteiger partial charge in [-0.25, -0.2) is 5.84 Å². The number of benzene rings is 1. The van der Waals surface area contributed by atoms with E-state index in [0.717, 1.165) is 24.0 Å². The van der Waals surface area contributed by atoms with E-state index in [1.54, 1.807) is 0 Å².